The molecule has 2 fully saturated rings. The minimum Gasteiger partial charge on any atom is -0.492 e. The third-order valence-corrected chi connectivity index (χ3v) is 4.72. The molecule has 3 nitrogen and oxygen atoms in total. The Kier molecular flexibility index (Phi) is 4.22. The van der Waals surface area contributed by atoms with Crippen LogP contribution in [-0.2, 0) is 0 Å². The third-order valence-electron chi connectivity index (χ3n) is 4.72. The lowest BCUT2D eigenvalue weighted by molar-refractivity contribution is 0.229. The van der Waals surface area contributed by atoms with Gasteiger partial charge >= 0.3 is 0 Å². The van der Waals surface area contributed by atoms with Gasteiger partial charge in [0, 0.05) is 25.7 Å². The van der Waals surface area contributed by atoms with Gasteiger partial charge in [-0.05, 0) is 48.9 Å². The summed E-state index contributed by atoms with van der Waals surface area (Å²) >= 11 is 0. The largest absolute Gasteiger partial charge is 0.492 e. The molecule has 0 aromatic heterocycles. The van der Waals surface area contributed by atoms with E-state index in [0.29, 0.717) is 18.6 Å². The Morgan fingerprint density at radius 1 is 1.20 bits per heavy atom. The number of rotatable bonds is 4. The Bertz CT molecular complexity index is 437. The molecule has 1 aliphatic heterocycles. The van der Waals surface area contributed by atoms with E-state index in [1.807, 2.05) is 0 Å². The molecule has 20 heavy (non-hydrogen) atoms. The average molecular weight is 278 g/mol. The van der Waals surface area contributed by atoms with Crippen molar-refractivity contribution in [2.75, 3.05) is 26.2 Å². The maximum Gasteiger partial charge on any atom is 0.123 e. The molecule has 1 aromatic carbocycles. The van der Waals surface area contributed by atoms with Crippen molar-refractivity contribution in [1.29, 1.82) is 0 Å². The van der Waals surface area contributed by atoms with Crippen molar-refractivity contribution in [3.05, 3.63) is 30.1 Å². The van der Waals surface area contributed by atoms with Crippen molar-refractivity contribution in [1.82, 2.24) is 4.90 Å². The highest BCUT2D eigenvalue weighted by molar-refractivity contribution is 5.21. The Morgan fingerprint density at radius 3 is 2.75 bits per heavy atom. The molecule has 2 N–H and O–H groups in total. The first-order valence-corrected chi connectivity index (χ1v) is 7.58. The first-order valence-electron chi connectivity index (χ1n) is 7.58. The van der Waals surface area contributed by atoms with Crippen LogP contribution in [0.3, 0.4) is 0 Å². The Labute approximate surface area is 119 Å². The monoisotopic (exact) mass is 278 g/mol. The molecule has 3 unspecified atom stereocenters. The van der Waals surface area contributed by atoms with Gasteiger partial charge in [0.1, 0.15) is 18.2 Å². The van der Waals surface area contributed by atoms with E-state index in [9.17, 15) is 4.39 Å². The predicted octanol–water partition coefficient (Wildman–Crippen LogP) is 2.26. The maximum atomic E-state index is 12.8. The summed E-state index contributed by atoms with van der Waals surface area (Å²) in [4.78, 5) is 2.46. The second-order valence-corrected chi connectivity index (χ2v) is 6.08. The minimum absolute atomic E-state index is 0.227. The molecule has 0 bridgehead atoms. The number of nitrogens with two attached hydrogens (primary N) is 1. The predicted molar refractivity (Wildman–Crippen MR) is 77.1 cm³/mol. The van der Waals surface area contributed by atoms with Gasteiger partial charge in [0.05, 0.1) is 0 Å². The van der Waals surface area contributed by atoms with Crippen molar-refractivity contribution < 1.29 is 9.13 Å². The third kappa shape index (κ3) is 3.13. The van der Waals surface area contributed by atoms with Crippen LogP contribution < -0.4 is 10.5 Å². The van der Waals surface area contributed by atoms with E-state index in [2.05, 4.69) is 4.90 Å². The molecular formula is C16H23FN2O. The fraction of sp³-hybridized carbons (Fsp3) is 0.625. The van der Waals surface area contributed by atoms with Gasteiger partial charge in [-0.25, -0.2) is 4.39 Å². The highest BCUT2D eigenvalue weighted by atomic mass is 19.1. The highest BCUT2D eigenvalue weighted by Gasteiger charge is 2.38. The summed E-state index contributed by atoms with van der Waals surface area (Å²) < 4.78 is 18.4. The number of fused-ring (bicyclic) bond motifs is 1. The molecule has 4 heteroatoms. The van der Waals surface area contributed by atoms with Crippen LogP contribution in [0, 0.1) is 17.7 Å². The normalized spacial score (nSPS) is 30.2. The summed E-state index contributed by atoms with van der Waals surface area (Å²) in [6.45, 7) is 3.85. The molecule has 1 saturated carbocycles. The van der Waals surface area contributed by atoms with E-state index in [-0.39, 0.29) is 5.82 Å². The fourth-order valence-corrected chi connectivity index (χ4v) is 3.61. The molecule has 0 spiro atoms. The Balaban J connectivity index is 1.44. The summed E-state index contributed by atoms with van der Waals surface area (Å²) in [7, 11) is 0. The molecule has 0 radical (unpaired) electrons. The van der Waals surface area contributed by atoms with Crippen LogP contribution in [0.25, 0.3) is 0 Å². The second-order valence-electron chi connectivity index (χ2n) is 6.08. The standard InChI is InChI=1S/C16H23FN2O/c17-13-4-6-14(7-5-13)20-9-8-19-10-12-2-1-3-16(18)15(12)11-19/h4-7,12,15-16H,1-3,8-11,18H2. The lowest BCUT2D eigenvalue weighted by atomic mass is 9.78. The van der Waals surface area contributed by atoms with Crippen molar-refractivity contribution in [3.63, 3.8) is 0 Å². The maximum absolute atomic E-state index is 12.8. The number of hydrogen-bond acceptors (Lipinski definition) is 3. The Morgan fingerprint density at radius 2 is 2.00 bits per heavy atom. The van der Waals surface area contributed by atoms with E-state index >= 15 is 0 Å². The van der Waals surface area contributed by atoms with Crippen LogP contribution >= 0.6 is 0 Å². The summed E-state index contributed by atoms with van der Waals surface area (Å²) in [5.41, 5.74) is 6.22. The zero-order valence-corrected chi connectivity index (χ0v) is 11.8. The summed E-state index contributed by atoms with van der Waals surface area (Å²) in [6, 6.07) is 6.60. The lowest BCUT2D eigenvalue weighted by Crippen LogP contribution is -2.38. The topological polar surface area (TPSA) is 38.5 Å². The first kappa shape index (κ1) is 13.8. The molecule has 0 amide bonds. The molecule has 1 saturated heterocycles. The molecule has 3 atom stereocenters. The molecule has 2 aliphatic rings. The number of nitrogens with zero attached hydrogens (tertiary/aromatic N) is 1. The summed E-state index contributed by atoms with van der Waals surface area (Å²) in [6.07, 6.45) is 3.79. The number of hydrogen-bond donors (Lipinski definition) is 1. The van der Waals surface area contributed by atoms with E-state index in [1.165, 1.54) is 31.4 Å². The molecule has 1 aliphatic carbocycles. The summed E-state index contributed by atoms with van der Waals surface area (Å²) in [5.74, 6) is 1.97. The van der Waals surface area contributed by atoms with Gasteiger partial charge in [0.25, 0.3) is 0 Å². The van der Waals surface area contributed by atoms with Gasteiger partial charge in [0.15, 0.2) is 0 Å². The van der Waals surface area contributed by atoms with Crippen molar-refractivity contribution in [3.8, 4) is 5.75 Å². The summed E-state index contributed by atoms with van der Waals surface area (Å²) in [5, 5.41) is 0. The molecular weight excluding hydrogens is 255 g/mol. The van der Waals surface area contributed by atoms with E-state index in [1.54, 1.807) is 12.1 Å². The average Bonchev–Trinajstić information content (AvgIpc) is 2.85. The molecule has 1 aromatic rings. The SMILES string of the molecule is NC1CCCC2CN(CCOc3ccc(F)cc3)CC12. The van der Waals surface area contributed by atoms with Crippen LogP contribution in [0.2, 0.25) is 0 Å². The van der Waals surface area contributed by atoms with Gasteiger partial charge in [0.2, 0.25) is 0 Å². The molecule has 110 valence electrons. The quantitative estimate of drug-likeness (QED) is 0.918. The van der Waals surface area contributed by atoms with Crippen LogP contribution in [0.15, 0.2) is 24.3 Å². The zero-order valence-electron chi connectivity index (χ0n) is 11.8. The van der Waals surface area contributed by atoms with Crippen LogP contribution in [-0.4, -0.2) is 37.2 Å². The van der Waals surface area contributed by atoms with Crippen LogP contribution in [0.4, 0.5) is 4.39 Å². The fourth-order valence-electron chi connectivity index (χ4n) is 3.61. The second kappa shape index (κ2) is 6.10. The van der Waals surface area contributed by atoms with Crippen LogP contribution in [0.5, 0.6) is 5.75 Å². The zero-order chi connectivity index (χ0) is 13.9. The van der Waals surface area contributed by atoms with Crippen LogP contribution in [0.1, 0.15) is 19.3 Å². The van der Waals surface area contributed by atoms with E-state index in [0.717, 1.165) is 31.3 Å². The first-order chi connectivity index (χ1) is 9.72. The van der Waals surface area contributed by atoms with Crippen molar-refractivity contribution >= 4 is 0 Å². The van der Waals surface area contributed by atoms with E-state index in [4.69, 9.17) is 10.5 Å². The van der Waals surface area contributed by atoms with E-state index < -0.39 is 0 Å². The van der Waals surface area contributed by atoms with Gasteiger partial charge in [-0.3, -0.25) is 4.90 Å². The van der Waals surface area contributed by atoms with Gasteiger partial charge in [-0.15, -0.1) is 0 Å². The van der Waals surface area contributed by atoms with Gasteiger partial charge < -0.3 is 10.5 Å². The number of halogens is 1. The Hall–Kier alpha value is -1.13. The van der Waals surface area contributed by atoms with Crippen molar-refractivity contribution in [2.24, 2.45) is 17.6 Å². The number of ether oxygens (including phenoxy) is 1. The smallest absolute Gasteiger partial charge is 0.123 e. The minimum atomic E-state index is -0.227. The number of benzene rings is 1. The molecule has 3 rings (SSSR count). The van der Waals surface area contributed by atoms with Gasteiger partial charge in [-0.1, -0.05) is 6.42 Å². The number of likely N-dealkylation sites (tertiary alicyclic amines) is 1. The molecule has 1 heterocycles. The highest BCUT2D eigenvalue weighted by Crippen LogP contribution is 2.35. The lowest BCUT2D eigenvalue weighted by Gasteiger charge is -2.29. The van der Waals surface area contributed by atoms with Crippen molar-refractivity contribution in [2.45, 2.75) is 25.3 Å². The van der Waals surface area contributed by atoms with Gasteiger partial charge in [-0.2, -0.15) is 0 Å².